The molecular formula is C17H13BrN2O. The Kier molecular flexibility index (Phi) is 3.71. The van der Waals surface area contributed by atoms with E-state index in [2.05, 4.69) is 26.2 Å². The lowest BCUT2D eigenvalue weighted by Gasteiger charge is -2.08. The van der Waals surface area contributed by atoms with Crippen LogP contribution in [0.2, 0.25) is 0 Å². The predicted molar refractivity (Wildman–Crippen MR) is 88.6 cm³/mol. The summed E-state index contributed by atoms with van der Waals surface area (Å²) in [7, 11) is 0. The van der Waals surface area contributed by atoms with E-state index in [0.717, 1.165) is 20.9 Å². The number of aromatic nitrogens is 1. The first-order valence-electron chi connectivity index (χ1n) is 6.56. The van der Waals surface area contributed by atoms with Crippen molar-refractivity contribution in [3.8, 4) is 0 Å². The van der Waals surface area contributed by atoms with E-state index in [9.17, 15) is 4.79 Å². The molecule has 0 aliphatic heterocycles. The van der Waals surface area contributed by atoms with Crippen LogP contribution < -0.4 is 5.32 Å². The molecular weight excluding hydrogens is 328 g/mol. The first kappa shape index (κ1) is 13.8. The fourth-order valence-corrected chi connectivity index (χ4v) is 2.54. The third-order valence-electron chi connectivity index (χ3n) is 3.29. The molecule has 0 bridgehead atoms. The molecule has 1 heterocycles. The van der Waals surface area contributed by atoms with Crippen molar-refractivity contribution in [2.75, 3.05) is 5.32 Å². The summed E-state index contributed by atoms with van der Waals surface area (Å²) >= 11 is 3.39. The van der Waals surface area contributed by atoms with E-state index in [1.165, 1.54) is 0 Å². The van der Waals surface area contributed by atoms with Gasteiger partial charge in [-0.05, 0) is 36.8 Å². The number of hydrogen-bond acceptors (Lipinski definition) is 2. The van der Waals surface area contributed by atoms with Gasteiger partial charge in [-0.25, -0.2) is 0 Å². The summed E-state index contributed by atoms with van der Waals surface area (Å²) in [6.45, 7) is 1.92. The van der Waals surface area contributed by atoms with Gasteiger partial charge in [-0.15, -0.1) is 0 Å². The van der Waals surface area contributed by atoms with E-state index in [0.29, 0.717) is 11.3 Å². The summed E-state index contributed by atoms with van der Waals surface area (Å²) in [5.41, 5.74) is 3.19. The quantitative estimate of drug-likeness (QED) is 0.743. The number of carbonyl (C=O) groups is 1. The van der Waals surface area contributed by atoms with Crippen molar-refractivity contribution < 1.29 is 4.79 Å². The highest BCUT2D eigenvalue weighted by Crippen LogP contribution is 2.19. The van der Waals surface area contributed by atoms with Gasteiger partial charge in [0.25, 0.3) is 5.91 Å². The predicted octanol–water partition coefficient (Wildman–Crippen LogP) is 4.56. The van der Waals surface area contributed by atoms with Crippen LogP contribution >= 0.6 is 15.9 Å². The number of para-hydroxylation sites is 1. The van der Waals surface area contributed by atoms with E-state index in [1.54, 1.807) is 6.20 Å². The Morgan fingerprint density at radius 2 is 1.95 bits per heavy atom. The molecule has 0 radical (unpaired) electrons. The zero-order chi connectivity index (χ0) is 14.8. The van der Waals surface area contributed by atoms with Gasteiger partial charge >= 0.3 is 0 Å². The highest BCUT2D eigenvalue weighted by atomic mass is 79.9. The van der Waals surface area contributed by atoms with Crippen molar-refractivity contribution in [1.29, 1.82) is 0 Å². The number of amides is 1. The minimum Gasteiger partial charge on any atom is -0.321 e. The number of aryl methyl sites for hydroxylation is 1. The molecule has 1 amide bonds. The number of fused-ring (bicyclic) bond motifs is 1. The third-order valence-corrected chi connectivity index (χ3v) is 3.79. The van der Waals surface area contributed by atoms with Gasteiger partial charge in [0.1, 0.15) is 0 Å². The molecule has 0 aliphatic rings. The number of hydrogen-bond donors (Lipinski definition) is 1. The number of nitrogens with one attached hydrogen (secondary N) is 1. The maximum Gasteiger partial charge on any atom is 0.256 e. The zero-order valence-corrected chi connectivity index (χ0v) is 13.0. The summed E-state index contributed by atoms with van der Waals surface area (Å²) in [6.07, 6.45) is 1.67. The van der Waals surface area contributed by atoms with Gasteiger partial charge in [-0.2, -0.15) is 0 Å². The number of anilines is 1. The Labute approximate surface area is 131 Å². The minimum absolute atomic E-state index is 0.133. The second-order valence-corrected chi connectivity index (χ2v) is 5.75. The molecule has 1 N–H and O–H groups in total. The monoisotopic (exact) mass is 340 g/mol. The number of nitrogens with zero attached hydrogens (tertiary/aromatic N) is 1. The normalized spacial score (nSPS) is 10.6. The van der Waals surface area contributed by atoms with Crippen LogP contribution in [0.3, 0.4) is 0 Å². The fourth-order valence-electron chi connectivity index (χ4n) is 2.18. The molecule has 3 aromatic rings. The van der Waals surface area contributed by atoms with Crippen LogP contribution in [-0.4, -0.2) is 10.9 Å². The van der Waals surface area contributed by atoms with Crippen molar-refractivity contribution in [3.05, 3.63) is 70.3 Å². The molecule has 0 unspecified atom stereocenters. The Morgan fingerprint density at radius 3 is 2.81 bits per heavy atom. The molecule has 4 heteroatoms. The molecule has 0 fully saturated rings. The molecule has 104 valence electrons. The molecule has 2 aromatic carbocycles. The average Bonchev–Trinajstić information content (AvgIpc) is 2.49. The molecule has 0 aliphatic carbocycles. The highest BCUT2D eigenvalue weighted by Gasteiger charge is 2.10. The van der Waals surface area contributed by atoms with Gasteiger partial charge in [-0.1, -0.05) is 40.2 Å². The zero-order valence-electron chi connectivity index (χ0n) is 11.4. The van der Waals surface area contributed by atoms with Crippen molar-refractivity contribution in [2.45, 2.75) is 6.92 Å². The first-order valence-corrected chi connectivity index (χ1v) is 7.35. The second kappa shape index (κ2) is 5.66. The number of halogens is 1. The summed E-state index contributed by atoms with van der Waals surface area (Å²) in [5.74, 6) is -0.133. The first-order chi connectivity index (χ1) is 10.1. The lowest BCUT2D eigenvalue weighted by molar-refractivity contribution is 0.102. The van der Waals surface area contributed by atoms with Gasteiger partial charge in [0, 0.05) is 15.4 Å². The van der Waals surface area contributed by atoms with Crippen LogP contribution in [0.15, 0.2) is 59.2 Å². The number of carbonyl (C=O) groups excluding carboxylic acids is 1. The minimum atomic E-state index is -0.133. The van der Waals surface area contributed by atoms with E-state index < -0.39 is 0 Å². The van der Waals surface area contributed by atoms with E-state index in [1.807, 2.05) is 55.5 Å². The smallest absolute Gasteiger partial charge is 0.256 e. The van der Waals surface area contributed by atoms with E-state index in [-0.39, 0.29) is 5.91 Å². The maximum absolute atomic E-state index is 12.4. The van der Waals surface area contributed by atoms with Gasteiger partial charge in [0.15, 0.2) is 0 Å². The van der Waals surface area contributed by atoms with Crippen LogP contribution in [0.4, 0.5) is 5.69 Å². The van der Waals surface area contributed by atoms with Crippen LogP contribution in [0.5, 0.6) is 0 Å². The van der Waals surface area contributed by atoms with Crippen LogP contribution in [0.25, 0.3) is 10.9 Å². The largest absolute Gasteiger partial charge is 0.321 e. The molecule has 0 spiro atoms. The summed E-state index contributed by atoms with van der Waals surface area (Å²) in [4.78, 5) is 16.7. The highest BCUT2D eigenvalue weighted by molar-refractivity contribution is 9.10. The van der Waals surface area contributed by atoms with Crippen molar-refractivity contribution >= 4 is 38.4 Å². The van der Waals surface area contributed by atoms with E-state index >= 15 is 0 Å². The van der Waals surface area contributed by atoms with Crippen LogP contribution in [-0.2, 0) is 0 Å². The Balaban J connectivity index is 1.90. The SMILES string of the molecule is Cc1ccc(Br)cc1C(=O)Nc1cnc2ccccc2c1. The Morgan fingerprint density at radius 1 is 1.14 bits per heavy atom. The molecule has 1 aromatic heterocycles. The number of benzene rings is 2. The molecule has 0 atom stereocenters. The molecule has 0 saturated carbocycles. The van der Waals surface area contributed by atoms with Crippen molar-refractivity contribution in [2.24, 2.45) is 0 Å². The van der Waals surface area contributed by atoms with E-state index in [4.69, 9.17) is 0 Å². The van der Waals surface area contributed by atoms with Crippen molar-refractivity contribution in [3.63, 3.8) is 0 Å². The number of rotatable bonds is 2. The van der Waals surface area contributed by atoms with Crippen LogP contribution in [0.1, 0.15) is 15.9 Å². The molecule has 21 heavy (non-hydrogen) atoms. The topological polar surface area (TPSA) is 42.0 Å². The van der Waals surface area contributed by atoms with Gasteiger partial charge in [0.2, 0.25) is 0 Å². The Bertz CT molecular complexity index is 830. The average molecular weight is 341 g/mol. The fraction of sp³-hybridized carbons (Fsp3) is 0.0588. The lowest BCUT2D eigenvalue weighted by atomic mass is 10.1. The third kappa shape index (κ3) is 2.95. The second-order valence-electron chi connectivity index (χ2n) is 4.83. The maximum atomic E-state index is 12.4. The summed E-state index contributed by atoms with van der Waals surface area (Å²) in [5, 5.41) is 3.90. The molecule has 3 rings (SSSR count). The van der Waals surface area contributed by atoms with Crippen molar-refractivity contribution in [1.82, 2.24) is 4.98 Å². The standard InChI is InChI=1S/C17H13BrN2O/c1-11-6-7-13(18)9-15(11)17(21)20-14-8-12-4-2-3-5-16(12)19-10-14/h2-10H,1H3,(H,20,21). The summed E-state index contributed by atoms with van der Waals surface area (Å²) < 4.78 is 0.884. The summed E-state index contributed by atoms with van der Waals surface area (Å²) in [6, 6.07) is 15.4. The number of pyridine rings is 1. The van der Waals surface area contributed by atoms with Gasteiger partial charge < -0.3 is 5.32 Å². The lowest BCUT2D eigenvalue weighted by Crippen LogP contribution is -2.13. The molecule has 3 nitrogen and oxygen atoms in total. The van der Waals surface area contributed by atoms with Crippen LogP contribution in [0, 0.1) is 6.92 Å². The Hall–Kier alpha value is -2.20. The van der Waals surface area contributed by atoms with Gasteiger partial charge in [-0.3, -0.25) is 9.78 Å². The molecule has 0 saturated heterocycles. The van der Waals surface area contributed by atoms with Gasteiger partial charge in [0.05, 0.1) is 17.4 Å².